The lowest BCUT2D eigenvalue weighted by molar-refractivity contribution is -0.144. The van der Waals surface area contributed by atoms with Crippen molar-refractivity contribution in [1.29, 1.82) is 0 Å². The maximum absolute atomic E-state index is 13.6. The molecule has 2 aliphatic heterocycles. The third-order valence-electron chi connectivity index (χ3n) is 6.64. The van der Waals surface area contributed by atoms with Crippen LogP contribution in [0.5, 0.6) is 0 Å². The van der Waals surface area contributed by atoms with Crippen LogP contribution in [0.25, 0.3) is 0 Å². The van der Waals surface area contributed by atoms with Crippen molar-refractivity contribution in [3.05, 3.63) is 11.9 Å². The lowest BCUT2D eigenvalue weighted by Gasteiger charge is -2.34. The topological polar surface area (TPSA) is 104 Å². The monoisotopic (exact) mass is 434 g/mol. The van der Waals surface area contributed by atoms with Gasteiger partial charge >= 0.3 is 0 Å². The second-order valence-electron chi connectivity index (χ2n) is 10.1. The summed E-state index contributed by atoms with van der Waals surface area (Å²) in [5, 5.41) is 21.4. The molecule has 4 unspecified atom stereocenters. The van der Waals surface area contributed by atoms with Crippen LogP contribution in [0.4, 0.5) is 0 Å². The molecule has 4 atom stereocenters. The Bertz CT molecular complexity index is 774. The molecule has 0 radical (unpaired) electrons. The van der Waals surface area contributed by atoms with E-state index in [2.05, 4.69) is 27.6 Å². The van der Waals surface area contributed by atoms with Crippen molar-refractivity contribution in [2.24, 2.45) is 5.41 Å². The highest BCUT2D eigenvalue weighted by Gasteiger charge is 2.45. The van der Waals surface area contributed by atoms with Gasteiger partial charge in [-0.05, 0) is 44.7 Å². The number of aromatic nitrogens is 3. The Morgan fingerprint density at radius 3 is 2.71 bits per heavy atom. The number of likely N-dealkylation sites (tertiary alicyclic amines) is 2. The number of amides is 2. The van der Waals surface area contributed by atoms with Gasteiger partial charge in [0.15, 0.2) is 0 Å². The van der Waals surface area contributed by atoms with Gasteiger partial charge in [0.05, 0.1) is 11.8 Å². The highest BCUT2D eigenvalue weighted by molar-refractivity contribution is 5.90. The first-order valence-electron chi connectivity index (χ1n) is 11.4. The van der Waals surface area contributed by atoms with Crippen LogP contribution in [0, 0.1) is 5.41 Å². The van der Waals surface area contributed by atoms with E-state index in [1.807, 2.05) is 27.0 Å². The first kappa shape index (κ1) is 23.7. The van der Waals surface area contributed by atoms with Crippen molar-refractivity contribution in [1.82, 2.24) is 30.1 Å². The molecule has 3 heterocycles. The molecule has 2 aliphatic rings. The van der Waals surface area contributed by atoms with Crippen LogP contribution < -0.4 is 5.32 Å². The van der Waals surface area contributed by atoms with Gasteiger partial charge in [-0.1, -0.05) is 32.4 Å². The van der Waals surface area contributed by atoms with Crippen LogP contribution in [0.1, 0.15) is 64.6 Å². The van der Waals surface area contributed by atoms with Crippen LogP contribution in [0.15, 0.2) is 6.20 Å². The number of hydrogen-bond donors (Lipinski definition) is 2. The van der Waals surface area contributed by atoms with E-state index >= 15 is 0 Å². The molecule has 31 heavy (non-hydrogen) atoms. The van der Waals surface area contributed by atoms with Gasteiger partial charge in [0.2, 0.25) is 11.8 Å². The predicted molar refractivity (Wildman–Crippen MR) is 117 cm³/mol. The number of aliphatic hydroxyl groups excluding tert-OH is 1. The molecule has 0 saturated carbocycles. The number of likely N-dealkylation sites (N-methyl/N-ethyl adjacent to an activating group) is 1. The fraction of sp³-hybridized carbons (Fsp3) is 0.818. The van der Waals surface area contributed by atoms with Gasteiger partial charge < -0.3 is 20.2 Å². The number of nitrogens with zero attached hydrogens (tertiary/aromatic N) is 5. The third-order valence-corrected chi connectivity index (χ3v) is 6.64. The second kappa shape index (κ2) is 9.65. The van der Waals surface area contributed by atoms with E-state index < -0.39 is 23.6 Å². The average molecular weight is 435 g/mol. The summed E-state index contributed by atoms with van der Waals surface area (Å²) in [5.41, 5.74) is 0.442. The van der Waals surface area contributed by atoms with Crippen LogP contribution in [0.3, 0.4) is 0 Å². The first-order valence-corrected chi connectivity index (χ1v) is 11.4. The lowest BCUT2D eigenvalue weighted by Crippen LogP contribution is -2.49. The van der Waals surface area contributed by atoms with E-state index in [-0.39, 0.29) is 24.8 Å². The Balaban J connectivity index is 1.75. The fourth-order valence-electron chi connectivity index (χ4n) is 4.89. The molecular formula is C22H38N6O3. The Hall–Kier alpha value is -2.00. The fourth-order valence-corrected chi connectivity index (χ4v) is 4.89. The van der Waals surface area contributed by atoms with E-state index in [0.717, 1.165) is 25.1 Å². The molecule has 1 aromatic heterocycles. The zero-order valence-electron chi connectivity index (χ0n) is 19.5. The van der Waals surface area contributed by atoms with Crippen molar-refractivity contribution in [3.63, 3.8) is 0 Å². The summed E-state index contributed by atoms with van der Waals surface area (Å²) in [7, 11) is 3.73. The van der Waals surface area contributed by atoms with Crippen molar-refractivity contribution in [2.75, 3.05) is 27.2 Å². The summed E-state index contributed by atoms with van der Waals surface area (Å²) in [5.74, 6) is -0.463. The van der Waals surface area contributed by atoms with E-state index in [0.29, 0.717) is 6.04 Å². The molecule has 0 aliphatic carbocycles. The van der Waals surface area contributed by atoms with E-state index in [4.69, 9.17) is 0 Å². The number of nitrogens with one attached hydrogen (secondary N) is 1. The minimum Gasteiger partial charge on any atom is -0.391 e. The molecule has 3 rings (SSSR count). The van der Waals surface area contributed by atoms with E-state index in [9.17, 15) is 14.7 Å². The van der Waals surface area contributed by atoms with Crippen LogP contribution in [-0.2, 0) is 16.0 Å². The summed E-state index contributed by atoms with van der Waals surface area (Å²) in [6, 6.07) is -0.705. The minimum atomic E-state index is -0.703. The highest BCUT2D eigenvalue weighted by Crippen LogP contribution is 2.34. The van der Waals surface area contributed by atoms with Crippen LogP contribution in [-0.4, -0.2) is 87.1 Å². The number of hydrogen-bond acceptors (Lipinski definition) is 6. The number of rotatable bonds is 6. The maximum atomic E-state index is 13.6. The molecule has 0 aromatic carbocycles. The third kappa shape index (κ3) is 5.44. The molecule has 2 N–H and O–H groups in total. The van der Waals surface area contributed by atoms with Crippen molar-refractivity contribution in [2.45, 2.75) is 83.5 Å². The molecule has 9 nitrogen and oxygen atoms in total. The number of carbonyl (C=O) groups excluding carboxylic acids is 2. The van der Waals surface area contributed by atoms with Crippen molar-refractivity contribution >= 4 is 11.8 Å². The van der Waals surface area contributed by atoms with E-state index in [1.54, 1.807) is 11.7 Å². The summed E-state index contributed by atoms with van der Waals surface area (Å²) in [6.07, 6.45) is 7.02. The molecule has 2 fully saturated rings. The van der Waals surface area contributed by atoms with Gasteiger partial charge in [0.25, 0.3) is 0 Å². The second-order valence-corrected chi connectivity index (χ2v) is 10.1. The van der Waals surface area contributed by atoms with Crippen LogP contribution in [0.2, 0.25) is 0 Å². The molecule has 1 aromatic rings. The molecule has 0 bridgehead atoms. The zero-order chi connectivity index (χ0) is 22.8. The SMILES string of the molecule is CNC(=O)C1CC(O)CN1C(=O)C(n1cc(CCC2CCCCN2C)nn1)C(C)(C)C. The number of aliphatic hydroxyl groups is 1. The zero-order valence-corrected chi connectivity index (χ0v) is 19.5. The van der Waals surface area contributed by atoms with Gasteiger partial charge in [0, 0.05) is 32.3 Å². The lowest BCUT2D eigenvalue weighted by atomic mass is 9.85. The van der Waals surface area contributed by atoms with Gasteiger partial charge in [-0.2, -0.15) is 0 Å². The average Bonchev–Trinajstić information content (AvgIpc) is 3.32. The Kier molecular flexibility index (Phi) is 7.36. The van der Waals surface area contributed by atoms with Gasteiger partial charge in [-0.3, -0.25) is 9.59 Å². The van der Waals surface area contributed by atoms with Gasteiger partial charge in [-0.25, -0.2) is 4.68 Å². The first-order chi connectivity index (χ1) is 14.6. The molecule has 9 heteroatoms. The molecule has 0 spiro atoms. The number of aryl methyl sites for hydroxylation is 1. The molecule has 174 valence electrons. The summed E-state index contributed by atoms with van der Waals surface area (Å²) < 4.78 is 1.65. The standard InChI is InChI=1S/C22H38N6O3/c1-22(2,3)19(21(31)27-14-17(29)12-18(27)20(30)23-4)28-13-15(24-25-28)9-10-16-8-6-7-11-26(16)5/h13,16-19,29H,6-12,14H2,1-5H3,(H,23,30). The number of β-amino-alcohol motifs (C(OH)–C–C–N with tert-alkyl or cyclic N) is 1. The Morgan fingerprint density at radius 1 is 1.32 bits per heavy atom. The summed E-state index contributed by atoms with van der Waals surface area (Å²) >= 11 is 0. The van der Waals surface area contributed by atoms with Gasteiger partial charge in [0.1, 0.15) is 12.1 Å². The quantitative estimate of drug-likeness (QED) is 0.692. The van der Waals surface area contributed by atoms with E-state index in [1.165, 1.54) is 24.2 Å². The predicted octanol–water partition coefficient (Wildman–Crippen LogP) is 0.990. The van der Waals surface area contributed by atoms with Crippen LogP contribution >= 0.6 is 0 Å². The minimum absolute atomic E-state index is 0.152. The highest BCUT2D eigenvalue weighted by atomic mass is 16.3. The largest absolute Gasteiger partial charge is 0.391 e. The molecule has 2 amide bonds. The molecular weight excluding hydrogens is 396 g/mol. The van der Waals surface area contributed by atoms with Gasteiger partial charge in [-0.15, -0.1) is 5.10 Å². The Labute approximate surface area is 185 Å². The van der Waals surface area contributed by atoms with Crippen molar-refractivity contribution < 1.29 is 14.7 Å². The van der Waals surface area contributed by atoms with Crippen molar-refractivity contribution in [3.8, 4) is 0 Å². The smallest absolute Gasteiger partial charge is 0.248 e. The Morgan fingerprint density at radius 2 is 2.06 bits per heavy atom. The number of piperidine rings is 1. The molecule has 2 saturated heterocycles. The maximum Gasteiger partial charge on any atom is 0.248 e. The summed E-state index contributed by atoms with van der Waals surface area (Å²) in [6.45, 7) is 7.24. The summed E-state index contributed by atoms with van der Waals surface area (Å²) in [4.78, 5) is 29.8. The number of carbonyl (C=O) groups is 2. The normalized spacial score (nSPS) is 26.1.